The minimum Gasteiger partial charge on any atom is -0.493 e. The van der Waals surface area contributed by atoms with Gasteiger partial charge in [0.25, 0.3) is 0 Å². The van der Waals surface area contributed by atoms with Crippen molar-refractivity contribution in [1.82, 2.24) is 10.2 Å². The van der Waals surface area contributed by atoms with Gasteiger partial charge in [0, 0.05) is 27.2 Å². The first kappa shape index (κ1) is 23.7. The van der Waals surface area contributed by atoms with Gasteiger partial charge < -0.3 is 19.7 Å². The Labute approximate surface area is 165 Å². The standard InChI is InChI=1S/C17H27F2N3O2.HI/c1-5-6-11-22(3)17(20-2)21-10-9-13-7-8-14(23-4)15(12-13)24-16(18)19;/h7-8,12,16H,5-6,9-11H2,1-4H3,(H,20,21);1H. The third kappa shape index (κ3) is 8.55. The van der Waals surface area contributed by atoms with Gasteiger partial charge >= 0.3 is 6.61 Å². The van der Waals surface area contributed by atoms with E-state index in [1.54, 1.807) is 19.2 Å². The SMILES string of the molecule is CCCCN(C)C(=NC)NCCc1ccc(OC)c(OC(F)F)c1.I. The summed E-state index contributed by atoms with van der Waals surface area (Å²) in [7, 11) is 5.16. The number of methoxy groups -OCH3 is 1. The van der Waals surface area contributed by atoms with Crippen LogP contribution in [0.5, 0.6) is 11.5 Å². The van der Waals surface area contributed by atoms with Crippen molar-refractivity contribution in [2.24, 2.45) is 4.99 Å². The smallest absolute Gasteiger partial charge is 0.387 e. The molecule has 0 atom stereocenters. The Kier molecular flexibility index (Phi) is 12.3. The molecule has 1 aromatic rings. The molecule has 0 aliphatic heterocycles. The van der Waals surface area contributed by atoms with Crippen LogP contribution in [0.3, 0.4) is 0 Å². The van der Waals surface area contributed by atoms with Gasteiger partial charge in [-0.2, -0.15) is 8.78 Å². The van der Waals surface area contributed by atoms with Crippen LogP contribution < -0.4 is 14.8 Å². The first-order valence-corrected chi connectivity index (χ1v) is 8.05. The van der Waals surface area contributed by atoms with Gasteiger partial charge in [-0.1, -0.05) is 19.4 Å². The number of nitrogens with one attached hydrogen (secondary N) is 1. The van der Waals surface area contributed by atoms with Gasteiger partial charge in [-0.15, -0.1) is 24.0 Å². The van der Waals surface area contributed by atoms with Crippen LogP contribution in [0.2, 0.25) is 0 Å². The maximum Gasteiger partial charge on any atom is 0.387 e. The molecule has 0 amide bonds. The van der Waals surface area contributed by atoms with Crippen LogP contribution in [0.4, 0.5) is 8.78 Å². The Morgan fingerprint density at radius 1 is 1.32 bits per heavy atom. The molecule has 1 N–H and O–H groups in total. The zero-order valence-corrected chi connectivity index (χ0v) is 17.6. The number of unbranched alkanes of at least 4 members (excludes halogenated alkanes) is 1. The average Bonchev–Trinajstić information content (AvgIpc) is 2.56. The predicted molar refractivity (Wildman–Crippen MR) is 108 cm³/mol. The first-order chi connectivity index (χ1) is 11.5. The molecule has 0 saturated carbocycles. The Morgan fingerprint density at radius 3 is 2.60 bits per heavy atom. The molecule has 0 aromatic heterocycles. The molecule has 1 aromatic carbocycles. The predicted octanol–water partition coefficient (Wildman–Crippen LogP) is 3.76. The largest absolute Gasteiger partial charge is 0.493 e. The highest BCUT2D eigenvalue weighted by Crippen LogP contribution is 2.29. The normalized spacial score (nSPS) is 11.1. The summed E-state index contributed by atoms with van der Waals surface area (Å²) in [6.07, 6.45) is 2.88. The van der Waals surface area contributed by atoms with Crippen molar-refractivity contribution in [3.05, 3.63) is 23.8 Å². The maximum absolute atomic E-state index is 12.5. The second kappa shape index (κ2) is 13.0. The Bertz CT molecular complexity index is 531. The van der Waals surface area contributed by atoms with Crippen molar-refractivity contribution in [3.63, 3.8) is 0 Å². The van der Waals surface area contributed by atoms with E-state index in [1.165, 1.54) is 7.11 Å². The molecule has 8 heteroatoms. The molecule has 0 radical (unpaired) electrons. The fourth-order valence-corrected chi connectivity index (χ4v) is 2.27. The lowest BCUT2D eigenvalue weighted by Gasteiger charge is -2.22. The second-order valence-corrected chi connectivity index (χ2v) is 5.36. The second-order valence-electron chi connectivity index (χ2n) is 5.36. The molecule has 0 fully saturated rings. The van der Waals surface area contributed by atoms with E-state index in [0.29, 0.717) is 18.7 Å². The van der Waals surface area contributed by atoms with Crippen molar-refractivity contribution in [2.45, 2.75) is 32.8 Å². The van der Waals surface area contributed by atoms with Crippen LogP contribution in [0, 0.1) is 0 Å². The number of hydrogen-bond acceptors (Lipinski definition) is 3. The minimum absolute atomic E-state index is 0. The van der Waals surface area contributed by atoms with Crippen LogP contribution in [0.25, 0.3) is 0 Å². The number of ether oxygens (including phenoxy) is 2. The van der Waals surface area contributed by atoms with Crippen molar-refractivity contribution >= 4 is 29.9 Å². The number of aliphatic imine (C=N–C) groups is 1. The maximum atomic E-state index is 12.5. The molecule has 0 saturated heterocycles. The number of benzene rings is 1. The van der Waals surface area contributed by atoms with Gasteiger partial charge in [-0.3, -0.25) is 4.99 Å². The van der Waals surface area contributed by atoms with E-state index < -0.39 is 6.61 Å². The molecule has 1 rings (SSSR count). The quantitative estimate of drug-likeness (QED) is 0.339. The molecule has 144 valence electrons. The van der Waals surface area contributed by atoms with Crippen molar-refractivity contribution in [3.8, 4) is 11.5 Å². The van der Waals surface area contributed by atoms with Crippen LogP contribution in [-0.2, 0) is 6.42 Å². The Balaban J connectivity index is 0.00000576. The molecular weight excluding hydrogens is 443 g/mol. The topological polar surface area (TPSA) is 46.1 Å². The average molecular weight is 471 g/mol. The lowest BCUT2D eigenvalue weighted by molar-refractivity contribution is -0.0512. The molecule has 0 bridgehead atoms. The summed E-state index contributed by atoms with van der Waals surface area (Å²) in [5, 5.41) is 3.27. The zero-order chi connectivity index (χ0) is 17.9. The monoisotopic (exact) mass is 471 g/mol. The van der Waals surface area contributed by atoms with Gasteiger partial charge in [0.2, 0.25) is 0 Å². The zero-order valence-electron chi connectivity index (χ0n) is 15.2. The third-order valence-electron chi connectivity index (χ3n) is 3.56. The number of rotatable bonds is 9. The van der Waals surface area contributed by atoms with Gasteiger partial charge in [0.1, 0.15) is 0 Å². The first-order valence-electron chi connectivity index (χ1n) is 8.05. The summed E-state index contributed by atoms with van der Waals surface area (Å²) < 4.78 is 34.4. The molecular formula is C17H28F2IN3O2. The molecule has 0 aliphatic rings. The number of halogens is 3. The summed E-state index contributed by atoms with van der Waals surface area (Å²) >= 11 is 0. The fourth-order valence-electron chi connectivity index (χ4n) is 2.27. The van der Waals surface area contributed by atoms with Crippen LogP contribution in [0.1, 0.15) is 25.3 Å². The summed E-state index contributed by atoms with van der Waals surface area (Å²) in [5.41, 5.74) is 0.880. The van der Waals surface area contributed by atoms with E-state index >= 15 is 0 Å². The van der Waals surface area contributed by atoms with E-state index in [9.17, 15) is 8.78 Å². The number of alkyl halides is 2. The van der Waals surface area contributed by atoms with Crippen LogP contribution >= 0.6 is 24.0 Å². The number of guanidine groups is 1. The molecule has 0 spiro atoms. The van der Waals surface area contributed by atoms with E-state index in [1.807, 2.05) is 13.1 Å². The van der Waals surface area contributed by atoms with Crippen LogP contribution in [0.15, 0.2) is 23.2 Å². The van der Waals surface area contributed by atoms with Crippen LogP contribution in [-0.4, -0.2) is 51.8 Å². The summed E-state index contributed by atoms with van der Waals surface area (Å²) in [6.45, 7) is 0.847. The van der Waals surface area contributed by atoms with Crippen molar-refractivity contribution in [2.75, 3.05) is 34.3 Å². The van der Waals surface area contributed by atoms with Crippen molar-refractivity contribution in [1.29, 1.82) is 0 Å². The van der Waals surface area contributed by atoms with E-state index in [-0.39, 0.29) is 29.7 Å². The lowest BCUT2D eigenvalue weighted by atomic mass is 10.1. The highest BCUT2D eigenvalue weighted by molar-refractivity contribution is 14.0. The summed E-state index contributed by atoms with van der Waals surface area (Å²) in [5.74, 6) is 1.16. The number of hydrogen-bond donors (Lipinski definition) is 1. The molecule has 0 heterocycles. The lowest BCUT2D eigenvalue weighted by Crippen LogP contribution is -2.40. The van der Waals surface area contributed by atoms with Crippen molar-refractivity contribution < 1.29 is 18.3 Å². The summed E-state index contributed by atoms with van der Waals surface area (Å²) in [6, 6.07) is 5.05. The minimum atomic E-state index is -2.88. The van der Waals surface area contributed by atoms with E-state index in [2.05, 4.69) is 26.9 Å². The third-order valence-corrected chi connectivity index (χ3v) is 3.56. The summed E-state index contributed by atoms with van der Waals surface area (Å²) in [4.78, 5) is 6.32. The van der Waals surface area contributed by atoms with Gasteiger partial charge in [0.05, 0.1) is 7.11 Å². The van der Waals surface area contributed by atoms with E-state index in [0.717, 1.165) is 30.9 Å². The van der Waals surface area contributed by atoms with E-state index in [4.69, 9.17) is 4.74 Å². The number of nitrogens with zero attached hydrogens (tertiary/aromatic N) is 2. The molecule has 0 aliphatic carbocycles. The fraction of sp³-hybridized carbons (Fsp3) is 0.588. The highest BCUT2D eigenvalue weighted by Gasteiger charge is 2.11. The highest BCUT2D eigenvalue weighted by atomic mass is 127. The molecule has 25 heavy (non-hydrogen) atoms. The molecule has 0 unspecified atom stereocenters. The van der Waals surface area contributed by atoms with Gasteiger partial charge in [-0.05, 0) is 30.5 Å². The molecule has 5 nitrogen and oxygen atoms in total. The van der Waals surface area contributed by atoms with Gasteiger partial charge in [-0.25, -0.2) is 0 Å². The Hall–Kier alpha value is -1.32. The Morgan fingerprint density at radius 2 is 2.04 bits per heavy atom. The van der Waals surface area contributed by atoms with Gasteiger partial charge in [0.15, 0.2) is 17.5 Å².